The second-order valence-corrected chi connectivity index (χ2v) is 8.03. The first-order chi connectivity index (χ1) is 14.7. The van der Waals surface area contributed by atoms with E-state index >= 15 is 0 Å². The van der Waals surface area contributed by atoms with Gasteiger partial charge in [0, 0.05) is 50.4 Å². The molecule has 0 bridgehead atoms. The summed E-state index contributed by atoms with van der Waals surface area (Å²) in [5, 5.41) is 6.78. The average molecular weight is 421 g/mol. The number of aromatic nitrogens is 2. The van der Waals surface area contributed by atoms with E-state index in [1.807, 2.05) is 76.6 Å². The third-order valence-corrected chi connectivity index (χ3v) is 6.05. The molecule has 3 aromatic rings. The predicted molar refractivity (Wildman–Crippen MR) is 119 cm³/mol. The molecule has 1 fully saturated rings. The molecule has 0 aliphatic carbocycles. The highest BCUT2D eigenvalue weighted by Crippen LogP contribution is 2.28. The maximum absolute atomic E-state index is 12.7. The summed E-state index contributed by atoms with van der Waals surface area (Å²) >= 11 is 1.62. The summed E-state index contributed by atoms with van der Waals surface area (Å²) in [7, 11) is 0. The third kappa shape index (κ3) is 4.36. The van der Waals surface area contributed by atoms with Gasteiger partial charge in [-0.2, -0.15) is 5.10 Å². The maximum Gasteiger partial charge on any atom is 0.246 e. The van der Waals surface area contributed by atoms with Crippen molar-refractivity contribution in [3.05, 3.63) is 65.7 Å². The first-order valence-electron chi connectivity index (χ1n) is 10.1. The van der Waals surface area contributed by atoms with E-state index in [0.717, 1.165) is 21.8 Å². The summed E-state index contributed by atoms with van der Waals surface area (Å²) in [6, 6.07) is 14.0. The van der Waals surface area contributed by atoms with E-state index in [1.165, 1.54) is 0 Å². The number of rotatable bonds is 5. The zero-order valence-corrected chi connectivity index (χ0v) is 17.7. The van der Waals surface area contributed by atoms with Crippen molar-refractivity contribution < 1.29 is 9.59 Å². The number of carbonyl (C=O) groups is 2. The highest BCUT2D eigenvalue weighted by Gasteiger charge is 2.22. The van der Waals surface area contributed by atoms with Crippen LogP contribution >= 0.6 is 11.3 Å². The summed E-state index contributed by atoms with van der Waals surface area (Å²) in [6.45, 7) is 4.19. The molecule has 0 saturated carbocycles. The topological polar surface area (TPSA) is 58.4 Å². The molecule has 30 heavy (non-hydrogen) atoms. The van der Waals surface area contributed by atoms with Crippen molar-refractivity contribution in [3.8, 4) is 16.3 Å². The number of nitrogens with zero attached hydrogens (tertiary/aromatic N) is 4. The molecule has 2 amide bonds. The van der Waals surface area contributed by atoms with Crippen LogP contribution in [-0.4, -0.2) is 57.6 Å². The number of benzene rings is 1. The van der Waals surface area contributed by atoms with Gasteiger partial charge < -0.3 is 9.80 Å². The summed E-state index contributed by atoms with van der Waals surface area (Å²) in [6.07, 6.45) is 5.91. The molecule has 3 heterocycles. The highest BCUT2D eigenvalue weighted by atomic mass is 32.1. The van der Waals surface area contributed by atoms with Gasteiger partial charge in [0.05, 0.1) is 10.6 Å². The minimum absolute atomic E-state index is 0.0387. The van der Waals surface area contributed by atoms with Crippen molar-refractivity contribution >= 4 is 29.2 Å². The van der Waals surface area contributed by atoms with Gasteiger partial charge in [-0.1, -0.05) is 31.2 Å². The van der Waals surface area contributed by atoms with Crippen molar-refractivity contribution in [1.29, 1.82) is 0 Å². The van der Waals surface area contributed by atoms with Crippen LogP contribution in [0.3, 0.4) is 0 Å². The highest BCUT2D eigenvalue weighted by molar-refractivity contribution is 7.13. The Balaban J connectivity index is 1.52. The van der Waals surface area contributed by atoms with E-state index in [9.17, 15) is 9.59 Å². The van der Waals surface area contributed by atoms with Crippen LogP contribution in [0.5, 0.6) is 0 Å². The lowest BCUT2D eigenvalue weighted by Gasteiger charge is -2.34. The Kier molecular flexibility index (Phi) is 6.09. The lowest BCUT2D eigenvalue weighted by molar-refractivity contribution is -0.136. The second kappa shape index (κ2) is 9.09. The molecule has 1 aliphatic heterocycles. The number of piperazine rings is 1. The van der Waals surface area contributed by atoms with Crippen LogP contribution in [0.4, 0.5) is 0 Å². The van der Waals surface area contributed by atoms with Gasteiger partial charge in [-0.05, 0) is 29.7 Å². The van der Waals surface area contributed by atoms with E-state index in [-0.39, 0.29) is 11.8 Å². The van der Waals surface area contributed by atoms with Crippen molar-refractivity contribution in [2.45, 2.75) is 13.3 Å². The Bertz CT molecular complexity index is 1030. The summed E-state index contributed by atoms with van der Waals surface area (Å²) in [5.74, 6) is 0.106. The van der Waals surface area contributed by atoms with Crippen LogP contribution in [0.15, 0.2) is 60.1 Å². The minimum Gasteiger partial charge on any atom is -0.339 e. The Labute approximate surface area is 180 Å². The van der Waals surface area contributed by atoms with E-state index in [4.69, 9.17) is 5.10 Å². The smallest absolute Gasteiger partial charge is 0.246 e. The molecular formula is C23H24N4O2S. The number of hydrogen-bond acceptors (Lipinski definition) is 4. The number of para-hydroxylation sites is 1. The number of hydrogen-bond donors (Lipinski definition) is 0. The molecule has 154 valence electrons. The molecule has 0 N–H and O–H groups in total. The lowest BCUT2D eigenvalue weighted by atomic mass is 10.2. The summed E-state index contributed by atoms with van der Waals surface area (Å²) in [5.41, 5.74) is 2.73. The second-order valence-electron chi connectivity index (χ2n) is 7.08. The van der Waals surface area contributed by atoms with Crippen molar-refractivity contribution in [2.75, 3.05) is 26.2 Å². The normalized spacial score (nSPS) is 14.4. The van der Waals surface area contributed by atoms with E-state index in [1.54, 1.807) is 22.3 Å². The maximum atomic E-state index is 12.7. The van der Waals surface area contributed by atoms with E-state index in [2.05, 4.69) is 0 Å². The molecule has 4 rings (SSSR count). The fourth-order valence-corrected chi connectivity index (χ4v) is 4.22. The Morgan fingerprint density at radius 1 is 1.03 bits per heavy atom. The lowest BCUT2D eigenvalue weighted by Crippen LogP contribution is -2.50. The molecule has 1 saturated heterocycles. The monoisotopic (exact) mass is 420 g/mol. The zero-order chi connectivity index (χ0) is 20.9. The Morgan fingerprint density at radius 2 is 1.77 bits per heavy atom. The predicted octanol–water partition coefficient (Wildman–Crippen LogP) is 3.69. The zero-order valence-electron chi connectivity index (χ0n) is 16.9. The minimum atomic E-state index is -0.0387. The van der Waals surface area contributed by atoms with E-state index in [0.29, 0.717) is 32.6 Å². The molecular weight excluding hydrogens is 396 g/mol. The standard InChI is InChI=1S/C23H24N4O2S/c1-2-21(28)25-12-14-26(15-13-25)22(29)11-10-18-17-27(19-7-4-3-5-8-19)24-23(18)20-9-6-16-30-20/h3-11,16-17H,2,12-15H2,1H3/b11-10+. The van der Waals surface area contributed by atoms with Crippen molar-refractivity contribution in [2.24, 2.45) is 0 Å². The average Bonchev–Trinajstić information content (AvgIpc) is 3.47. The van der Waals surface area contributed by atoms with Gasteiger partial charge in [0.15, 0.2) is 0 Å². The SMILES string of the molecule is CCC(=O)N1CCN(C(=O)/C=C/c2cn(-c3ccccc3)nc2-c2cccs2)CC1. The van der Waals surface area contributed by atoms with Crippen LogP contribution in [0.2, 0.25) is 0 Å². The number of carbonyl (C=O) groups excluding carboxylic acids is 2. The summed E-state index contributed by atoms with van der Waals surface area (Å²) in [4.78, 5) is 29.2. The van der Waals surface area contributed by atoms with Gasteiger partial charge in [-0.15, -0.1) is 11.3 Å². The molecule has 6 nitrogen and oxygen atoms in total. The Hall–Kier alpha value is -3.19. The van der Waals surface area contributed by atoms with Gasteiger partial charge in [0.25, 0.3) is 0 Å². The number of thiophene rings is 1. The molecule has 2 aromatic heterocycles. The molecule has 0 unspecified atom stereocenters. The van der Waals surface area contributed by atoms with Crippen molar-refractivity contribution in [3.63, 3.8) is 0 Å². The molecule has 0 atom stereocenters. The molecule has 0 spiro atoms. The first-order valence-corrected chi connectivity index (χ1v) is 11.0. The van der Waals surface area contributed by atoms with Gasteiger partial charge in [0.2, 0.25) is 11.8 Å². The van der Waals surface area contributed by atoms with Crippen LogP contribution in [0, 0.1) is 0 Å². The van der Waals surface area contributed by atoms with Crippen LogP contribution in [0.1, 0.15) is 18.9 Å². The Morgan fingerprint density at radius 3 is 2.43 bits per heavy atom. The fourth-order valence-electron chi connectivity index (χ4n) is 3.49. The van der Waals surface area contributed by atoms with Crippen molar-refractivity contribution in [1.82, 2.24) is 19.6 Å². The fraction of sp³-hybridized carbons (Fsp3) is 0.261. The largest absolute Gasteiger partial charge is 0.339 e. The first kappa shape index (κ1) is 20.1. The van der Waals surface area contributed by atoms with Crippen LogP contribution in [-0.2, 0) is 9.59 Å². The summed E-state index contributed by atoms with van der Waals surface area (Å²) < 4.78 is 1.84. The van der Waals surface area contributed by atoms with Crippen LogP contribution < -0.4 is 0 Å². The molecule has 7 heteroatoms. The molecule has 0 radical (unpaired) electrons. The quantitative estimate of drug-likeness (QED) is 0.592. The van der Waals surface area contributed by atoms with Gasteiger partial charge in [-0.25, -0.2) is 4.68 Å². The van der Waals surface area contributed by atoms with Gasteiger partial charge in [-0.3, -0.25) is 9.59 Å². The molecule has 1 aromatic carbocycles. The van der Waals surface area contributed by atoms with E-state index < -0.39 is 0 Å². The van der Waals surface area contributed by atoms with Gasteiger partial charge in [0.1, 0.15) is 5.69 Å². The van der Waals surface area contributed by atoms with Crippen LogP contribution in [0.25, 0.3) is 22.3 Å². The molecule has 1 aliphatic rings. The van der Waals surface area contributed by atoms with Gasteiger partial charge >= 0.3 is 0 Å². The number of amides is 2. The third-order valence-electron chi connectivity index (χ3n) is 5.17.